The maximum atomic E-state index is 5.59. The molecule has 0 saturated carbocycles. The molecule has 2 aromatic rings. The maximum Gasteiger partial charge on any atom is 0.218 e. The largest absolute Gasteiger partial charge is 0.478 e. The average molecular weight is 262 g/mol. The van der Waals surface area contributed by atoms with E-state index in [1.165, 1.54) is 6.33 Å². The van der Waals surface area contributed by atoms with Gasteiger partial charge in [0.15, 0.2) is 0 Å². The van der Waals surface area contributed by atoms with Gasteiger partial charge < -0.3 is 15.8 Å². The van der Waals surface area contributed by atoms with Crippen molar-refractivity contribution < 1.29 is 4.74 Å². The molecule has 0 bridgehead atoms. The molecule has 0 atom stereocenters. The Hall–Kier alpha value is -2.31. The van der Waals surface area contributed by atoms with Crippen LogP contribution in [0.15, 0.2) is 24.8 Å². The number of hydrogen-bond acceptors (Lipinski definition) is 6. The molecule has 0 aliphatic heterocycles. The van der Waals surface area contributed by atoms with Gasteiger partial charge in [-0.3, -0.25) is 4.68 Å². The standard InChI is InChI=1S/C12H18N6O/c1-2-5-19-12-6-11(15-9-16-12)14-3-4-18-8-10(13)7-17-18/h6-9H,2-5,13H2,1H3,(H,14,15,16). The molecule has 7 heteroatoms. The molecule has 0 radical (unpaired) electrons. The summed E-state index contributed by atoms with van der Waals surface area (Å²) in [6.45, 7) is 4.12. The Morgan fingerprint density at radius 2 is 2.32 bits per heavy atom. The second-order valence-corrected chi connectivity index (χ2v) is 4.05. The fourth-order valence-electron chi connectivity index (χ4n) is 1.52. The summed E-state index contributed by atoms with van der Waals surface area (Å²) in [7, 11) is 0. The lowest BCUT2D eigenvalue weighted by atomic mass is 10.5. The highest BCUT2D eigenvalue weighted by molar-refractivity contribution is 5.37. The zero-order chi connectivity index (χ0) is 13.5. The van der Waals surface area contributed by atoms with E-state index in [4.69, 9.17) is 10.5 Å². The minimum atomic E-state index is 0.586. The quantitative estimate of drug-likeness (QED) is 0.778. The summed E-state index contributed by atoms with van der Waals surface area (Å²) in [5.74, 6) is 1.32. The van der Waals surface area contributed by atoms with Gasteiger partial charge in [-0.15, -0.1) is 0 Å². The predicted octanol–water partition coefficient (Wildman–Crippen LogP) is 1.16. The van der Waals surface area contributed by atoms with Crippen LogP contribution in [0, 0.1) is 0 Å². The lowest BCUT2D eigenvalue weighted by molar-refractivity contribution is 0.305. The topological polar surface area (TPSA) is 90.9 Å². The molecule has 0 aliphatic carbocycles. The molecule has 0 spiro atoms. The minimum Gasteiger partial charge on any atom is -0.478 e. The molecule has 0 aliphatic rings. The summed E-state index contributed by atoms with van der Waals surface area (Å²) in [5.41, 5.74) is 6.25. The van der Waals surface area contributed by atoms with Crippen LogP contribution in [0.1, 0.15) is 13.3 Å². The van der Waals surface area contributed by atoms with E-state index < -0.39 is 0 Å². The smallest absolute Gasteiger partial charge is 0.218 e. The number of nitrogen functional groups attached to an aromatic ring is 1. The third kappa shape index (κ3) is 4.13. The van der Waals surface area contributed by atoms with Crippen LogP contribution in [0.4, 0.5) is 11.5 Å². The molecule has 0 unspecified atom stereocenters. The van der Waals surface area contributed by atoms with Gasteiger partial charge in [0.05, 0.1) is 25.0 Å². The van der Waals surface area contributed by atoms with Crippen LogP contribution in [0.2, 0.25) is 0 Å². The highest BCUT2D eigenvalue weighted by Crippen LogP contribution is 2.10. The van der Waals surface area contributed by atoms with Crippen LogP contribution in [0.5, 0.6) is 5.88 Å². The van der Waals surface area contributed by atoms with Gasteiger partial charge in [-0.05, 0) is 6.42 Å². The number of aromatic nitrogens is 4. The number of hydrogen-bond donors (Lipinski definition) is 2. The van der Waals surface area contributed by atoms with Gasteiger partial charge in [-0.2, -0.15) is 5.10 Å². The zero-order valence-corrected chi connectivity index (χ0v) is 10.9. The normalized spacial score (nSPS) is 10.4. The van der Waals surface area contributed by atoms with Crippen LogP contribution in [0.25, 0.3) is 0 Å². The summed E-state index contributed by atoms with van der Waals surface area (Å²) < 4.78 is 7.21. The summed E-state index contributed by atoms with van der Waals surface area (Å²) in [6, 6.07) is 1.78. The van der Waals surface area contributed by atoms with Gasteiger partial charge in [-0.25, -0.2) is 9.97 Å². The Morgan fingerprint density at radius 3 is 3.05 bits per heavy atom. The molecule has 0 fully saturated rings. The molecule has 2 aromatic heterocycles. The van der Waals surface area contributed by atoms with Crippen molar-refractivity contribution in [3.8, 4) is 5.88 Å². The predicted molar refractivity (Wildman–Crippen MR) is 72.9 cm³/mol. The first-order valence-corrected chi connectivity index (χ1v) is 6.24. The Morgan fingerprint density at radius 1 is 1.42 bits per heavy atom. The van der Waals surface area contributed by atoms with E-state index in [0.29, 0.717) is 31.3 Å². The lowest BCUT2D eigenvalue weighted by Crippen LogP contribution is -2.12. The Bertz CT molecular complexity index is 512. The van der Waals surface area contributed by atoms with Gasteiger partial charge >= 0.3 is 0 Å². The minimum absolute atomic E-state index is 0.586. The van der Waals surface area contributed by atoms with E-state index in [-0.39, 0.29) is 0 Å². The van der Waals surface area contributed by atoms with Crippen LogP contribution in [-0.2, 0) is 6.54 Å². The summed E-state index contributed by atoms with van der Waals surface area (Å²) in [5, 5.41) is 7.29. The third-order valence-electron chi connectivity index (χ3n) is 2.40. The Labute approximate surface area is 111 Å². The number of rotatable bonds is 7. The van der Waals surface area contributed by atoms with Crippen molar-refractivity contribution in [2.75, 3.05) is 24.2 Å². The van der Waals surface area contributed by atoms with E-state index >= 15 is 0 Å². The maximum absolute atomic E-state index is 5.59. The number of nitrogens with zero attached hydrogens (tertiary/aromatic N) is 4. The molecular weight excluding hydrogens is 244 g/mol. The van der Waals surface area contributed by atoms with E-state index in [1.54, 1.807) is 23.1 Å². The lowest BCUT2D eigenvalue weighted by Gasteiger charge is -2.07. The molecule has 0 amide bonds. The molecule has 2 heterocycles. The van der Waals surface area contributed by atoms with Crippen molar-refractivity contribution in [2.45, 2.75) is 19.9 Å². The van der Waals surface area contributed by atoms with Gasteiger partial charge in [0.2, 0.25) is 5.88 Å². The molecule has 0 saturated heterocycles. The van der Waals surface area contributed by atoms with Gasteiger partial charge in [0, 0.05) is 18.8 Å². The average Bonchev–Trinajstić information content (AvgIpc) is 2.83. The third-order valence-corrected chi connectivity index (χ3v) is 2.40. The van der Waals surface area contributed by atoms with Crippen LogP contribution in [-0.4, -0.2) is 32.9 Å². The Kier molecular flexibility index (Phi) is 4.54. The summed E-state index contributed by atoms with van der Waals surface area (Å²) >= 11 is 0. The van der Waals surface area contributed by atoms with Crippen LogP contribution < -0.4 is 15.8 Å². The van der Waals surface area contributed by atoms with E-state index in [2.05, 4.69) is 27.3 Å². The highest BCUT2D eigenvalue weighted by atomic mass is 16.5. The van der Waals surface area contributed by atoms with Gasteiger partial charge in [0.25, 0.3) is 0 Å². The van der Waals surface area contributed by atoms with Crippen molar-refractivity contribution in [1.82, 2.24) is 19.7 Å². The zero-order valence-electron chi connectivity index (χ0n) is 10.9. The van der Waals surface area contributed by atoms with Gasteiger partial charge in [0.1, 0.15) is 12.1 Å². The molecule has 3 N–H and O–H groups in total. The molecular formula is C12H18N6O. The second-order valence-electron chi connectivity index (χ2n) is 4.05. The summed E-state index contributed by atoms with van der Waals surface area (Å²) in [6.07, 6.45) is 5.85. The van der Waals surface area contributed by atoms with E-state index in [0.717, 1.165) is 12.2 Å². The van der Waals surface area contributed by atoms with Crippen molar-refractivity contribution >= 4 is 11.5 Å². The summed E-state index contributed by atoms with van der Waals surface area (Å²) in [4.78, 5) is 8.17. The van der Waals surface area contributed by atoms with Crippen molar-refractivity contribution in [2.24, 2.45) is 0 Å². The first-order chi connectivity index (χ1) is 9.28. The number of nitrogens with one attached hydrogen (secondary N) is 1. The fraction of sp³-hybridized carbons (Fsp3) is 0.417. The highest BCUT2D eigenvalue weighted by Gasteiger charge is 1.99. The van der Waals surface area contributed by atoms with Crippen molar-refractivity contribution in [3.05, 3.63) is 24.8 Å². The second kappa shape index (κ2) is 6.58. The number of nitrogens with two attached hydrogens (primary N) is 1. The number of ether oxygens (including phenoxy) is 1. The number of anilines is 2. The first kappa shape index (κ1) is 13.1. The van der Waals surface area contributed by atoms with Gasteiger partial charge in [-0.1, -0.05) is 6.92 Å². The first-order valence-electron chi connectivity index (χ1n) is 6.24. The fourth-order valence-corrected chi connectivity index (χ4v) is 1.52. The molecule has 7 nitrogen and oxygen atoms in total. The SMILES string of the molecule is CCCOc1cc(NCCn2cc(N)cn2)ncn1. The molecule has 2 rings (SSSR count). The van der Waals surface area contributed by atoms with Crippen molar-refractivity contribution in [1.29, 1.82) is 0 Å². The molecule has 19 heavy (non-hydrogen) atoms. The van der Waals surface area contributed by atoms with Crippen molar-refractivity contribution in [3.63, 3.8) is 0 Å². The molecule has 0 aromatic carbocycles. The Balaban J connectivity index is 1.82. The van der Waals surface area contributed by atoms with E-state index in [1.807, 2.05) is 0 Å². The monoisotopic (exact) mass is 262 g/mol. The van der Waals surface area contributed by atoms with Crippen LogP contribution >= 0.6 is 0 Å². The van der Waals surface area contributed by atoms with Crippen LogP contribution in [0.3, 0.4) is 0 Å². The van der Waals surface area contributed by atoms with E-state index in [9.17, 15) is 0 Å². The molecule has 102 valence electrons.